The highest BCUT2D eigenvalue weighted by Gasteiger charge is 2.14. The number of halogens is 1. The van der Waals surface area contributed by atoms with Gasteiger partial charge in [-0.1, -0.05) is 11.3 Å². The van der Waals surface area contributed by atoms with Gasteiger partial charge in [-0.2, -0.15) is 0 Å². The van der Waals surface area contributed by atoms with E-state index in [1.54, 1.807) is 18.2 Å². The molecule has 4 N–H and O–H groups in total. The normalized spacial score (nSPS) is 11.4. The molecule has 4 aromatic rings. The number of nitrogens with one attached hydrogen (secondary N) is 2. The molecule has 0 unspecified atom stereocenters. The number of anilines is 2. The molecule has 0 radical (unpaired) electrons. The standard InChI is InChI=1S/C18H16ClN5O2S/c1-8(2)26-12-5-3-9(16(20)25)7-11(12)22-18-24-15-13(27-18)6-4-10-14(15)23-17(19)21-10/h3-8H,1-2H3,(H2,20,25)(H,21,23)(H,22,24). The molecule has 0 atom stereocenters. The van der Waals surface area contributed by atoms with Crippen molar-refractivity contribution in [2.24, 2.45) is 5.73 Å². The van der Waals surface area contributed by atoms with E-state index in [1.807, 2.05) is 26.0 Å². The number of imidazole rings is 1. The minimum Gasteiger partial charge on any atom is -0.489 e. The fourth-order valence-corrected chi connectivity index (χ4v) is 3.81. The Balaban J connectivity index is 1.77. The molecule has 0 spiro atoms. The number of aromatic nitrogens is 3. The van der Waals surface area contributed by atoms with E-state index in [0.29, 0.717) is 32.9 Å². The van der Waals surface area contributed by atoms with Gasteiger partial charge in [-0.05, 0) is 55.8 Å². The second kappa shape index (κ2) is 6.71. The van der Waals surface area contributed by atoms with Crippen LogP contribution in [0.3, 0.4) is 0 Å². The maximum Gasteiger partial charge on any atom is 0.248 e. The van der Waals surface area contributed by atoms with Gasteiger partial charge >= 0.3 is 0 Å². The van der Waals surface area contributed by atoms with E-state index in [1.165, 1.54) is 11.3 Å². The third-order valence-corrected chi connectivity index (χ3v) is 4.97. The molecule has 0 aliphatic carbocycles. The van der Waals surface area contributed by atoms with Crippen LogP contribution < -0.4 is 15.8 Å². The Morgan fingerprint density at radius 1 is 1.26 bits per heavy atom. The van der Waals surface area contributed by atoms with E-state index in [4.69, 9.17) is 22.1 Å². The maximum absolute atomic E-state index is 11.5. The van der Waals surface area contributed by atoms with Gasteiger partial charge in [0.15, 0.2) is 5.13 Å². The fraction of sp³-hybridized carbons (Fsp3) is 0.167. The fourth-order valence-electron chi connectivity index (χ4n) is 2.74. The van der Waals surface area contributed by atoms with Crippen LogP contribution in [0.2, 0.25) is 5.28 Å². The molecule has 0 aliphatic heterocycles. The van der Waals surface area contributed by atoms with Gasteiger partial charge in [-0.25, -0.2) is 9.97 Å². The van der Waals surface area contributed by atoms with E-state index in [2.05, 4.69) is 20.3 Å². The Bertz CT molecular complexity index is 1170. The van der Waals surface area contributed by atoms with Crippen LogP contribution in [-0.2, 0) is 0 Å². The van der Waals surface area contributed by atoms with Crippen molar-refractivity contribution >= 4 is 60.9 Å². The molecule has 2 aromatic heterocycles. The number of nitrogens with two attached hydrogens (primary N) is 1. The maximum atomic E-state index is 11.5. The summed E-state index contributed by atoms with van der Waals surface area (Å²) in [5.74, 6) is 0.105. The largest absolute Gasteiger partial charge is 0.489 e. The molecule has 0 aliphatic rings. The Morgan fingerprint density at radius 2 is 2.07 bits per heavy atom. The molecule has 0 fully saturated rings. The minimum absolute atomic E-state index is 0.0221. The number of ether oxygens (including phenoxy) is 1. The van der Waals surface area contributed by atoms with Gasteiger partial charge in [0.25, 0.3) is 0 Å². The molecule has 0 saturated carbocycles. The molecule has 2 heterocycles. The topological polar surface area (TPSA) is 106 Å². The third kappa shape index (κ3) is 3.41. The second-order valence-electron chi connectivity index (χ2n) is 6.22. The van der Waals surface area contributed by atoms with Gasteiger partial charge in [-0.3, -0.25) is 4.79 Å². The Kier molecular flexibility index (Phi) is 4.37. The molecule has 2 aromatic carbocycles. The summed E-state index contributed by atoms with van der Waals surface area (Å²) in [6.07, 6.45) is -0.0221. The number of aromatic amines is 1. The SMILES string of the molecule is CC(C)Oc1ccc(C(N)=O)cc1Nc1nc2c(ccc3[nH]c(Cl)nc32)s1. The van der Waals surface area contributed by atoms with Crippen LogP contribution in [0.15, 0.2) is 30.3 Å². The Labute approximate surface area is 163 Å². The molecular formula is C18H16ClN5O2S. The van der Waals surface area contributed by atoms with Crippen LogP contribution in [0.25, 0.3) is 21.3 Å². The van der Waals surface area contributed by atoms with Gasteiger partial charge < -0.3 is 20.8 Å². The lowest BCUT2D eigenvalue weighted by atomic mass is 10.1. The van der Waals surface area contributed by atoms with Crippen molar-refractivity contribution in [1.29, 1.82) is 0 Å². The lowest BCUT2D eigenvalue weighted by Crippen LogP contribution is -2.12. The van der Waals surface area contributed by atoms with Crippen LogP contribution >= 0.6 is 22.9 Å². The monoisotopic (exact) mass is 401 g/mol. The first-order valence-electron chi connectivity index (χ1n) is 8.23. The van der Waals surface area contributed by atoms with Crippen LogP contribution in [0.4, 0.5) is 10.8 Å². The van der Waals surface area contributed by atoms with Gasteiger partial charge in [0, 0.05) is 5.56 Å². The molecule has 0 saturated heterocycles. The van der Waals surface area contributed by atoms with Crippen LogP contribution in [0, 0.1) is 0 Å². The van der Waals surface area contributed by atoms with Crippen molar-refractivity contribution in [2.75, 3.05) is 5.32 Å². The minimum atomic E-state index is -0.508. The van der Waals surface area contributed by atoms with Crippen LogP contribution in [0.5, 0.6) is 5.75 Å². The summed E-state index contributed by atoms with van der Waals surface area (Å²) in [5, 5.41) is 4.20. The van der Waals surface area contributed by atoms with Crippen molar-refractivity contribution in [3.05, 3.63) is 41.2 Å². The number of thiazole rings is 1. The number of H-pyrrole nitrogens is 1. The highest BCUT2D eigenvalue weighted by atomic mass is 35.5. The van der Waals surface area contributed by atoms with Crippen molar-refractivity contribution in [3.8, 4) is 5.75 Å². The smallest absolute Gasteiger partial charge is 0.248 e. The molecule has 0 bridgehead atoms. The van der Waals surface area contributed by atoms with Crippen molar-refractivity contribution in [3.63, 3.8) is 0 Å². The second-order valence-corrected chi connectivity index (χ2v) is 7.61. The predicted octanol–water partition coefficient (Wildman–Crippen LogP) is 4.46. The van der Waals surface area contributed by atoms with Crippen LogP contribution in [0.1, 0.15) is 24.2 Å². The van der Waals surface area contributed by atoms with Gasteiger partial charge in [0.05, 0.1) is 22.0 Å². The number of fused-ring (bicyclic) bond motifs is 3. The zero-order chi connectivity index (χ0) is 19.1. The Hall–Kier alpha value is -2.84. The van der Waals surface area contributed by atoms with Crippen molar-refractivity contribution in [1.82, 2.24) is 15.0 Å². The van der Waals surface area contributed by atoms with Crippen molar-refractivity contribution in [2.45, 2.75) is 20.0 Å². The number of nitrogens with zero attached hydrogens (tertiary/aromatic N) is 2. The first-order valence-corrected chi connectivity index (χ1v) is 9.42. The number of carbonyl (C=O) groups excluding carboxylic acids is 1. The predicted molar refractivity (Wildman–Crippen MR) is 108 cm³/mol. The van der Waals surface area contributed by atoms with Crippen molar-refractivity contribution < 1.29 is 9.53 Å². The average molecular weight is 402 g/mol. The molecule has 9 heteroatoms. The summed E-state index contributed by atoms with van der Waals surface area (Å²) in [7, 11) is 0. The summed E-state index contributed by atoms with van der Waals surface area (Å²) >= 11 is 7.44. The first kappa shape index (κ1) is 17.6. The number of benzene rings is 2. The van der Waals surface area contributed by atoms with E-state index in [-0.39, 0.29) is 6.10 Å². The zero-order valence-corrected chi connectivity index (χ0v) is 16.1. The molecule has 1 amide bonds. The van der Waals surface area contributed by atoms with E-state index in [0.717, 1.165) is 15.7 Å². The number of hydrogen-bond acceptors (Lipinski definition) is 6. The average Bonchev–Trinajstić information content (AvgIpc) is 3.17. The van der Waals surface area contributed by atoms with Gasteiger partial charge in [0.2, 0.25) is 11.2 Å². The van der Waals surface area contributed by atoms with E-state index in [9.17, 15) is 4.79 Å². The summed E-state index contributed by atoms with van der Waals surface area (Å²) in [6, 6.07) is 8.90. The van der Waals surface area contributed by atoms with Crippen LogP contribution in [-0.4, -0.2) is 27.0 Å². The molecule has 27 heavy (non-hydrogen) atoms. The first-order chi connectivity index (χ1) is 12.9. The summed E-state index contributed by atoms with van der Waals surface area (Å²) < 4.78 is 6.79. The Morgan fingerprint density at radius 3 is 2.81 bits per heavy atom. The number of amides is 1. The quantitative estimate of drug-likeness (QED) is 0.458. The highest BCUT2D eigenvalue weighted by Crippen LogP contribution is 2.35. The number of primary amides is 1. The molecule has 4 rings (SSSR count). The molecular weight excluding hydrogens is 386 g/mol. The number of carbonyl (C=O) groups is 1. The summed E-state index contributed by atoms with van der Waals surface area (Å²) in [5.41, 5.74) is 8.70. The third-order valence-electron chi connectivity index (χ3n) is 3.85. The lowest BCUT2D eigenvalue weighted by Gasteiger charge is -2.15. The number of rotatable bonds is 5. The lowest BCUT2D eigenvalue weighted by molar-refractivity contribution is 0.100. The van der Waals surface area contributed by atoms with Gasteiger partial charge in [0.1, 0.15) is 16.8 Å². The van der Waals surface area contributed by atoms with E-state index < -0.39 is 5.91 Å². The molecule has 7 nitrogen and oxygen atoms in total. The zero-order valence-electron chi connectivity index (χ0n) is 14.5. The molecule has 138 valence electrons. The summed E-state index contributed by atoms with van der Waals surface area (Å²) in [4.78, 5) is 23.5. The van der Waals surface area contributed by atoms with Gasteiger partial charge in [-0.15, -0.1) is 0 Å². The summed E-state index contributed by atoms with van der Waals surface area (Å²) in [6.45, 7) is 3.86. The number of hydrogen-bond donors (Lipinski definition) is 3. The highest BCUT2D eigenvalue weighted by molar-refractivity contribution is 7.22. The van der Waals surface area contributed by atoms with E-state index >= 15 is 0 Å².